The van der Waals surface area contributed by atoms with E-state index in [1.54, 1.807) is 30.8 Å². The molecule has 0 aliphatic rings. The van der Waals surface area contributed by atoms with Gasteiger partial charge in [0.25, 0.3) is 5.56 Å². The first-order chi connectivity index (χ1) is 15.7. The summed E-state index contributed by atoms with van der Waals surface area (Å²) in [5.41, 5.74) is 2.47. The first-order valence-electron chi connectivity index (χ1n) is 10.8. The first-order valence-corrected chi connectivity index (χ1v) is 10.8. The molecule has 0 saturated carbocycles. The summed E-state index contributed by atoms with van der Waals surface area (Å²) in [6, 6.07) is 11.7. The molecule has 0 radical (unpaired) electrons. The Balaban J connectivity index is 1.91. The van der Waals surface area contributed by atoms with Gasteiger partial charge in [0.15, 0.2) is 11.2 Å². The van der Waals surface area contributed by atoms with Crippen LogP contribution in [0.4, 0.5) is 0 Å². The summed E-state index contributed by atoms with van der Waals surface area (Å²) < 4.78 is 10.2. The van der Waals surface area contributed by atoms with Crippen LogP contribution in [0.15, 0.2) is 52.2 Å². The average Bonchev–Trinajstić information content (AvgIpc) is 3.13. The van der Waals surface area contributed by atoms with Crippen LogP contribution in [0.25, 0.3) is 11.2 Å². The van der Waals surface area contributed by atoms with Gasteiger partial charge in [-0.3, -0.25) is 23.5 Å². The number of imidazole rings is 1. The third kappa shape index (κ3) is 4.58. The molecule has 9 heteroatoms. The monoisotopic (exact) mass is 449 g/mol. The van der Waals surface area contributed by atoms with E-state index in [0.717, 1.165) is 21.4 Å². The topological polar surface area (TPSA) is 104 Å². The van der Waals surface area contributed by atoms with Crippen molar-refractivity contribution in [1.82, 2.24) is 23.7 Å². The highest BCUT2D eigenvalue weighted by atomic mass is 16.5. The van der Waals surface area contributed by atoms with Crippen LogP contribution in [-0.2, 0) is 20.1 Å². The summed E-state index contributed by atoms with van der Waals surface area (Å²) in [6.45, 7) is 5.94. The average molecular weight is 450 g/mol. The predicted octanol–water partition coefficient (Wildman–Crippen LogP) is 2.52. The molecule has 3 aromatic heterocycles. The highest BCUT2D eigenvalue weighted by molar-refractivity contribution is 5.72. The minimum absolute atomic E-state index is 0.104. The van der Waals surface area contributed by atoms with Gasteiger partial charge in [0, 0.05) is 19.3 Å². The molecule has 4 aromatic rings. The minimum atomic E-state index is -0.636. The molecular weight excluding hydrogens is 422 g/mol. The van der Waals surface area contributed by atoms with E-state index in [9.17, 15) is 14.7 Å². The Bertz CT molecular complexity index is 1400. The summed E-state index contributed by atoms with van der Waals surface area (Å²) in [5.74, 6) is 0.473. The maximum Gasteiger partial charge on any atom is 0.332 e. The zero-order valence-corrected chi connectivity index (χ0v) is 19.1. The Labute approximate surface area is 190 Å². The molecule has 0 aliphatic heterocycles. The number of hydrogen-bond acceptors (Lipinski definition) is 6. The molecule has 1 N–H and O–H groups in total. The number of aryl methyl sites for hydroxylation is 3. The van der Waals surface area contributed by atoms with E-state index in [0.29, 0.717) is 12.3 Å². The maximum atomic E-state index is 13.4. The van der Waals surface area contributed by atoms with E-state index in [4.69, 9.17) is 4.74 Å². The van der Waals surface area contributed by atoms with Gasteiger partial charge in [0.1, 0.15) is 5.75 Å². The first kappa shape index (κ1) is 22.5. The molecule has 33 heavy (non-hydrogen) atoms. The normalized spacial score (nSPS) is 12.3. The van der Waals surface area contributed by atoms with Gasteiger partial charge in [-0.05, 0) is 44.9 Å². The number of ether oxygens (including phenoxy) is 1. The lowest BCUT2D eigenvalue weighted by Crippen LogP contribution is -2.40. The van der Waals surface area contributed by atoms with Gasteiger partial charge in [0.05, 0.1) is 18.8 Å². The fourth-order valence-electron chi connectivity index (χ4n) is 3.59. The summed E-state index contributed by atoms with van der Waals surface area (Å²) in [6.07, 6.45) is 1.23. The van der Waals surface area contributed by atoms with Crippen LogP contribution in [0.1, 0.15) is 30.2 Å². The predicted molar refractivity (Wildman–Crippen MR) is 125 cm³/mol. The fourth-order valence-corrected chi connectivity index (χ4v) is 3.59. The van der Waals surface area contributed by atoms with Crippen LogP contribution in [0, 0.1) is 13.8 Å². The Morgan fingerprint density at radius 3 is 2.42 bits per heavy atom. The van der Waals surface area contributed by atoms with Gasteiger partial charge < -0.3 is 9.84 Å². The zero-order chi connectivity index (χ0) is 23.7. The molecule has 4 rings (SSSR count). The molecule has 0 saturated heterocycles. The zero-order valence-electron chi connectivity index (χ0n) is 19.1. The van der Waals surface area contributed by atoms with E-state index >= 15 is 0 Å². The summed E-state index contributed by atoms with van der Waals surface area (Å²) in [5, 5.41) is 9.67. The van der Waals surface area contributed by atoms with Gasteiger partial charge in [-0.1, -0.05) is 29.8 Å². The van der Waals surface area contributed by atoms with Crippen molar-refractivity contribution in [3.8, 4) is 11.8 Å². The standard InChI is InChI=1S/C24H27N5O4/c1-15-5-8-18(9-6-15)14-29-20-21(26-23(29)33-19-10-7-16(2)25-13-19)27(4)24(32)28(22(20)31)12-11-17(3)30/h5-10,13,17,30H,11-12,14H2,1-4H3. The lowest BCUT2D eigenvalue weighted by molar-refractivity contribution is 0.176. The van der Waals surface area contributed by atoms with Crippen molar-refractivity contribution in [2.24, 2.45) is 7.05 Å². The molecule has 172 valence electrons. The Kier molecular flexibility index (Phi) is 6.15. The van der Waals surface area contributed by atoms with Gasteiger partial charge in [-0.2, -0.15) is 4.98 Å². The molecule has 1 atom stereocenters. The summed E-state index contributed by atoms with van der Waals surface area (Å²) in [7, 11) is 1.57. The number of nitrogens with zero attached hydrogens (tertiary/aromatic N) is 5. The molecule has 1 aromatic carbocycles. The van der Waals surface area contributed by atoms with E-state index in [1.807, 2.05) is 44.2 Å². The van der Waals surface area contributed by atoms with Crippen molar-refractivity contribution < 1.29 is 9.84 Å². The lowest BCUT2D eigenvalue weighted by atomic mass is 10.1. The molecular formula is C24H27N5O4. The van der Waals surface area contributed by atoms with Crippen molar-refractivity contribution in [3.05, 3.63) is 80.3 Å². The number of rotatable bonds is 7. The number of hydrogen-bond donors (Lipinski definition) is 1. The van der Waals surface area contributed by atoms with Gasteiger partial charge >= 0.3 is 11.7 Å². The van der Waals surface area contributed by atoms with Crippen molar-refractivity contribution in [2.45, 2.75) is 46.4 Å². The van der Waals surface area contributed by atoms with Crippen molar-refractivity contribution in [2.75, 3.05) is 0 Å². The number of aliphatic hydroxyl groups is 1. The number of fused-ring (bicyclic) bond motifs is 1. The van der Waals surface area contributed by atoms with Crippen LogP contribution >= 0.6 is 0 Å². The number of aromatic nitrogens is 5. The third-order valence-corrected chi connectivity index (χ3v) is 5.52. The van der Waals surface area contributed by atoms with Crippen LogP contribution in [0.2, 0.25) is 0 Å². The van der Waals surface area contributed by atoms with E-state index in [2.05, 4.69) is 9.97 Å². The molecule has 0 bridgehead atoms. The van der Waals surface area contributed by atoms with E-state index < -0.39 is 17.4 Å². The fraction of sp³-hybridized carbons (Fsp3) is 0.333. The Hall–Kier alpha value is -3.72. The number of aliphatic hydroxyl groups excluding tert-OH is 1. The molecule has 0 fully saturated rings. The maximum absolute atomic E-state index is 13.4. The van der Waals surface area contributed by atoms with Crippen LogP contribution < -0.4 is 16.0 Å². The second-order valence-corrected chi connectivity index (χ2v) is 8.31. The third-order valence-electron chi connectivity index (χ3n) is 5.52. The van der Waals surface area contributed by atoms with Crippen LogP contribution in [-0.4, -0.2) is 34.9 Å². The van der Waals surface area contributed by atoms with Crippen molar-refractivity contribution in [3.63, 3.8) is 0 Å². The number of pyridine rings is 1. The van der Waals surface area contributed by atoms with Gasteiger partial charge in [-0.15, -0.1) is 0 Å². The van der Waals surface area contributed by atoms with Crippen LogP contribution in [0.3, 0.4) is 0 Å². The number of benzene rings is 1. The van der Waals surface area contributed by atoms with Crippen molar-refractivity contribution >= 4 is 11.2 Å². The van der Waals surface area contributed by atoms with E-state index in [-0.39, 0.29) is 30.1 Å². The lowest BCUT2D eigenvalue weighted by Gasteiger charge is -2.12. The highest BCUT2D eigenvalue weighted by Gasteiger charge is 2.22. The Morgan fingerprint density at radius 1 is 1.06 bits per heavy atom. The SMILES string of the molecule is Cc1ccc(Cn2c(Oc3ccc(C)nc3)nc3c2c(=O)n(CCC(C)O)c(=O)n3C)cc1. The molecule has 1 unspecified atom stereocenters. The molecule has 0 amide bonds. The van der Waals surface area contributed by atoms with E-state index in [1.165, 1.54) is 4.57 Å². The molecule has 3 heterocycles. The van der Waals surface area contributed by atoms with Gasteiger partial charge in [-0.25, -0.2) is 4.79 Å². The van der Waals surface area contributed by atoms with Gasteiger partial charge in [0.2, 0.25) is 0 Å². The second kappa shape index (κ2) is 9.03. The largest absolute Gasteiger partial charge is 0.424 e. The summed E-state index contributed by atoms with van der Waals surface area (Å²) >= 11 is 0. The highest BCUT2D eigenvalue weighted by Crippen LogP contribution is 2.25. The Morgan fingerprint density at radius 2 is 1.79 bits per heavy atom. The summed E-state index contributed by atoms with van der Waals surface area (Å²) in [4.78, 5) is 35.1. The van der Waals surface area contributed by atoms with Crippen molar-refractivity contribution in [1.29, 1.82) is 0 Å². The molecule has 9 nitrogen and oxygen atoms in total. The smallest absolute Gasteiger partial charge is 0.332 e. The quantitative estimate of drug-likeness (QED) is 0.465. The van der Waals surface area contributed by atoms with Crippen LogP contribution in [0.5, 0.6) is 11.8 Å². The molecule has 0 aliphatic carbocycles. The minimum Gasteiger partial charge on any atom is -0.424 e. The molecule has 0 spiro atoms. The second-order valence-electron chi connectivity index (χ2n) is 8.31.